The van der Waals surface area contributed by atoms with Crippen LogP contribution in [0.4, 0.5) is 0 Å². The molecule has 0 bridgehead atoms. The third-order valence-electron chi connectivity index (χ3n) is 2.64. The number of carbonyl (C=O) groups is 1. The number of unbranched alkanes of at least 4 members (excludes halogenated alkanes) is 1. The lowest BCUT2D eigenvalue weighted by Gasteiger charge is -1.90. The smallest absolute Gasteiger partial charge is 0.224 e. The van der Waals surface area contributed by atoms with Crippen molar-refractivity contribution < 1.29 is 9.21 Å². The SMILES string of the molecule is CCCCc1cnc(C=Cc2cnc(CC(N)=O)s2)o1. The van der Waals surface area contributed by atoms with Crippen LogP contribution in [0, 0.1) is 0 Å². The fraction of sp³-hybridized carbons (Fsp3) is 0.357. The first-order valence-corrected chi connectivity index (χ1v) is 7.35. The Morgan fingerprint density at radius 3 is 3.00 bits per heavy atom. The summed E-state index contributed by atoms with van der Waals surface area (Å²) in [4.78, 5) is 20.1. The van der Waals surface area contributed by atoms with Crippen molar-refractivity contribution in [1.29, 1.82) is 0 Å². The summed E-state index contributed by atoms with van der Waals surface area (Å²) in [5.41, 5.74) is 5.13. The van der Waals surface area contributed by atoms with Gasteiger partial charge in [0.2, 0.25) is 11.8 Å². The molecule has 1 amide bonds. The Kier molecular flexibility index (Phi) is 5.06. The first-order chi connectivity index (χ1) is 9.67. The summed E-state index contributed by atoms with van der Waals surface area (Å²) in [7, 11) is 0. The first-order valence-electron chi connectivity index (χ1n) is 6.53. The Labute approximate surface area is 121 Å². The molecule has 2 rings (SSSR count). The number of amides is 1. The lowest BCUT2D eigenvalue weighted by molar-refractivity contribution is -0.117. The zero-order chi connectivity index (χ0) is 14.4. The van der Waals surface area contributed by atoms with Crippen LogP contribution in [-0.2, 0) is 17.6 Å². The molecule has 106 valence electrons. The van der Waals surface area contributed by atoms with Gasteiger partial charge in [-0.3, -0.25) is 4.79 Å². The molecule has 0 aliphatic rings. The molecule has 2 aromatic rings. The van der Waals surface area contributed by atoms with Crippen LogP contribution in [0.1, 0.15) is 41.3 Å². The van der Waals surface area contributed by atoms with Gasteiger partial charge in [-0.25, -0.2) is 9.97 Å². The lowest BCUT2D eigenvalue weighted by Crippen LogP contribution is -2.13. The van der Waals surface area contributed by atoms with E-state index in [4.69, 9.17) is 10.2 Å². The van der Waals surface area contributed by atoms with E-state index in [0.29, 0.717) is 10.9 Å². The maximum atomic E-state index is 10.8. The number of aryl methyl sites for hydroxylation is 1. The molecule has 2 heterocycles. The molecule has 0 aromatic carbocycles. The van der Waals surface area contributed by atoms with Gasteiger partial charge in [0, 0.05) is 23.6 Å². The van der Waals surface area contributed by atoms with Crippen LogP contribution >= 0.6 is 11.3 Å². The fourth-order valence-electron chi connectivity index (χ4n) is 1.65. The molecule has 0 unspecified atom stereocenters. The normalized spacial score (nSPS) is 11.2. The Bertz CT molecular complexity index is 601. The first kappa shape index (κ1) is 14.5. The highest BCUT2D eigenvalue weighted by Crippen LogP contribution is 2.17. The van der Waals surface area contributed by atoms with Gasteiger partial charge >= 0.3 is 0 Å². The van der Waals surface area contributed by atoms with E-state index in [1.807, 2.05) is 6.08 Å². The minimum Gasteiger partial charge on any atom is -0.442 e. The van der Waals surface area contributed by atoms with E-state index >= 15 is 0 Å². The van der Waals surface area contributed by atoms with E-state index in [-0.39, 0.29) is 12.3 Å². The second-order valence-corrected chi connectivity index (χ2v) is 5.55. The third kappa shape index (κ3) is 4.31. The third-order valence-corrected chi connectivity index (χ3v) is 3.60. The molecule has 0 fully saturated rings. The maximum absolute atomic E-state index is 10.8. The Morgan fingerprint density at radius 1 is 1.40 bits per heavy atom. The second kappa shape index (κ2) is 7.00. The van der Waals surface area contributed by atoms with E-state index in [1.165, 1.54) is 11.3 Å². The highest BCUT2D eigenvalue weighted by Gasteiger charge is 2.04. The Balaban J connectivity index is 1.96. The summed E-state index contributed by atoms with van der Waals surface area (Å²) in [6, 6.07) is 0. The zero-order valence-corrected chi connectivity index (χ0v) is 12.2. The highest BCUT2D eigenvalue weighted by molar-refractivity contribution is 7.12. The van der Waals surface area contributed by atoms with Crippen molar-refractivity contribution in [2.24, 2.45) is 5.73 Å². The molecular formula is C14H17N3O2S. The number of hydrogen-bond acceptors (Lipinski definition) is 5. The summed E-state index contributed by atoms with van der Waals surface area (Å²) in [6.45, 7) is 2.14. The number of primary amides is 1. The van der Waals surface area contributed by atoms with E-state index in [2.05, 4.69) is 16.9 Å². The van der Waals surface area contributed by atoms with Crippen LogP contribution in [-0.4, -0.2) is 15.9 Å². The van der Waals surface area contributed by atoms with E-state index in [9.17, 15) is 4.79 Å². The number of nitrogens with two attached hydrogens (primary N) is 1. The monoisotopic (exact) mass is 291 g/mol. The molecule has 2 aromatic heterocycles. The van der Waals surface area contributed by atoms with Crippen molar-refractivity contribution in [1.82, 2.24) is 9.97 Å². The molecule has 0 aliphatic carbocycles. The minimum atomic E-state index is -0.372. The molecular weight excluding hydrogens is 274 g/mol. The van der Waals surface area contributed by atoms with Crippen molar-refractivity contribution in [3.63, 3.8) is 0 Å². The van der Waals surface area contributed by atoms with Crippen molar-refractivity contribution in [3.8, 4) is 0 Å². The van der Waals surface area contributed by atoms with E-state index in [1.54, 1.807) is 18.5 Å². The molecule has 0 spiro atoms. The maximum Gasteiger partial charge on any atom is 0.224 e. The number of nitrogens with zero attached hydrogens (tertiary/aromatic N) is 2. The number of rotatable bonds is 7. The van der Waals surface area contributed by atoms with Gasteiger partial charge in [0.25, 0.3) is 0 Å². The van der Waals surface area contributed by atoms with Gasteiger partial charge in [-0.2, -0.15) is 0 Å². The number of aromatic nitrogens is 2. The van der Waals surface area contributed by atoms with Gasteiger partial charge in [0.05, 0.1) is 12.6 Å². The van der Waals surface area contributed by atoms with Gasteiger partial charge in [0.15, 0.2) is 0 Å². The minimum absolute atomic E-state index is 0.179. The predicted molar refractivity (Wildman–Crippen MR) is 79.1 cm³/mol. The van der Waals surface area contributed by atoms with Gasteiger partial charge in [-0.1, -0.05) is 13.3 Å². The van der Waals surface area contributed by atoms with Gasteiger partial charge in [-0.15, -0.1) is 11.3 Å². The topological polar surface area (TPSA) is 82.0 Å². The molecule has 0 radical (unpaired) electrons. The summed E-state index contributed by atoms with van der Waals surface area (Å²) >= 11 is 1.43. The molecule has 0 aliphatic heterocycles. The summed E-state index contributed by atoms with van der Waals surface area (Å²) < 4.78 is 5.59. The quantitative estimate of drug-likeness (QED) is 0.850. The number of oxazole rings is 1. The van der Waals surface area contributed by atoms with Crippen LogP contribution in [0.15, 0.2) is 16.8 Å². The average Bonchev–Trinajstić information content (AvgIpc) is 3.02. The molecule has 2 N–H and O–H groups in total. The number of carbonyl (C=O) groups excluding carboxylic acids is 1. The fourth-order valence-corrected chi connectivity index (χ4v) is 2.49. The predicted octanol–water partition coefficient (Wildman–Crippen LogP) is 2.67. The summed E-state index contributed by atoms with van der Waals surface area (Å²) in [6.07, 6.45) is 10.5. The van der Waals surface area contributed by atoms with Gasteiger partial charge in [0.1, 0.15) is 10.8 Å². The molecule has 0 saturated carbocycles. The number of thiazole rings is 1. The van der Waals surface area contributed by atoms with Crippen molar-refractivity contribution in [2.75, 3.05) is 0 Å². The standard InChI is InChI=1S/C14H17N3O2S/c1-2-3-4-10-8-16-13(19-10)6-5-11-9-17-14(20-11)7-12(15)18/h5-6,8-9H,2-4,7H2,1H3,(H2,15,18). The molecule has 0 atom stereocenters. The summed E-state index contributed by atoms with van der Waals surface area (Å²) in [5, 5.41) is 0.716. The van der Waals surface area contributed by atoms with Gasteiger partial charge < -0.3 is 10.2 Å². The number of hydrogen-bond donors (Lipinski definition) is 1. The lowest BCUT2D eigenvalue weighted by atomic mass is 10.2. The summed E-state index contributed by atoms with van der Waals surface area (Å²) in [5.74, 6) is 1.12. The Hall–Kier alpha value is -1.95. The van der Waals surface area contributed by atoms with Crippen LogP contribution in [0.3, 0.4) is 0 Å². The average molecular weight is 291 g/mol. The molecule has 20 heavy (non-hydrogen) atoms. The van der Waals surface area contributed by atoms with Crippen molar-refractivity contribution in [3.05, 3.63) is 33.9 Å². The van der Waals surface area contributed by atoms with E-state index in [0.717, 1.165) is 29.9 Å². The van der Waals surface area contributed by atoms with Crippen LogP contribution in [0.2, 0.25) is 0 Å². The zero-order valence-electron chi connectivity index (χ0n) is 11.3. The molecule has 0 saturated heterocycles. The highest BCUT2D eigenvalue weighted by atomic mass is 32.1. The largest absolute Gasteiger partial charge is 0.442 e. The van der Waals surface area contributed by atoms with Crippen LogP contribution in [0.5, 0.6) is 0 Å². The van der Waals surface area contributed by atoms with E-state index < -0.39 is 0 Å². The van der Waals surface area contributed by atoms with Crippen molar-refractivity contribution in [2.45, 2.75) is 32.6 Å². The molecule has 6 heteroatoms. The molecule has 5 nitrogen and oxygen atoms in total. The second-order valence-electron chi connectivity index (χ2n) is 4.40. The van der Waals surface area contributed by atoms with Crippen molar-refractivity contribution >= 4 is 29.4 Å². The Morgan fingerprint density at radius 2 is 2.25 bits per heavy atom. The van der Waals surface area contributed by atoms with Crippen LogP contribution in [0.25, 0.3) is 12.2 Å². The van der Waals surface area contributed by atoms with Crippen LogP contribution < -0.4 is 5.73 Å². The van der Waals surface area contributed by atoms with Gasteiger partial charge in [-0.05, 0) is 12.5 Å².